The summed E-state index contributed by atoms with van der Waals surface area (Å²) in [4.78, 5) is 0. The molecule has 1 rings (SSSR count). The molecule has 0 bridgehead atoms. The van der Waals surface area contributed by atoms with Crippen LogP contribution in [0.4, 0.5) is 0 Å². The molecule has 0 aliphatic heterocycles. The Morgan fingerprint density at radius 2 is 1.38 bits per heavy atom. The van der Waals surface area contributed by atoms with Gasteiger partial charge in [-0.2, -0.15) is 0 Å². The maximum atomic E-state index is 3.57. The Balaban J connectivity index is 1.91. The summed E-state index contributed by atoms with van der Waals surface area (Å²) in [6, 6.07) is 0.789. The van der Waals surface area contributed by atoms with Crippen molar-refractivity contribution in [2.75, 3.05) is 7.05 Å². The second-order valence-corrected chi connectivity index (χ2v) is 7.34. The van der Waals surface area contributed by atoms with Gasteiger partial charge in [-0.1, -0.05) is 96.8 Å². The third-order valence-corrected chi connectivity index (χ3v) is 5.41. The molecule has 1 aliphatic rings. The van der Waals surface area contributed by atoms with Gasteiger partial charge in [0.2, 0.25) is 0 Å². The second-order valence-electron chi connectivity index (χ2n) is 7.34. The fourth-order valence-electron chi connectivity index (χ4n) is 3.91. The average Bonchev–Trinajstić information content (AvgIpc) is 2.53. The molecule has 0 aromatic rings. The quantitative estimate of drug-likeness (QED) is 0.384. The lowest BCUT2D eigenvalue weighted by molar-refractivity contribution is 0.294. The first-order chi connectivity index (χ1) is 10.4. The van der Waals surface area contributed by atoms with Gasteiger partial charge in [-0.15, -0.1) is 0 Å². The summed E-state index contributed by atoms with van der Waals surface area (Å²) < 4.78 is 0. The molecule has 0 amide bonds. The van der Waals surface area contributed by atoms with Gasteiger partial charge < -0.3 is 5.32 Å². The summed E-state index contributed by atoms with van der Waals surface area (Å²) in [6.45, 7) is 2.30. The lowest BCUT2D eigenvalue weighted by Crippen LogP contribution is -2.28. The Morgan fingerprint density at radius 1 is 0.810 bits per heavy atom. The van der Waals surface area contributed by atoms with Gasteiger partial charge in [0, 0.05) is 6.04 Å². The van der Waals surface area contributed by atoms with Crippen molar-refractivity contribution in [2.45, 2.75) is 116 Å². The van der Waals surface area contributed by atoms with E-state index in [1.807, 2.05) is 0 Å². The molecule has 0 radical (unpaired) electrons. The Bertz CT molecular complexity index is 208. The van der Waals surface area contributed by atoms with Crippen LogP contribution in [0.1, 0.15) is 110 Å². The maximum Gasteiger partial charge on any atom is 0.00667 e. The van der Waals surface area contributed by atoms with Gasteiger partial charge in [0.1, 0.15) is 0 Å². The number of hydrogen-bond donors (Lipinski definition) is 1. The fourth-order valence-corrected chi connectivity index (χ4v) is 3.91. The Labute approximate surface area is 134 Å². The van der Waals surface area contributed by atoms with Crippen molar-refractivity contribution in [3.05, 3.63) is 0 Å². The van der Waals surface area contributed by atoms with Crippen LogP contribution >= 0.6 is 0 Å². The van der Waals surface area contributed by atoms with Gasteiger partial charge in [-0.05, 0) is 25.8 Å². The molecule has 1 saturated carbocycles. The standard InChI is InChI=1S/C20H41N/c1-3-4-5-6-7-8-9-10-14-17-20(21-2)18-19-15-12-11-13-16-19/h19-21H,3-18H2,1-2H3. The van der Waals surface area contributed by atoms with Crippen molar-refractivity contribution in [1.82, 2.24) is 5.32 Å². The van der Waals surface area contributed by atoms with E-state index in [4.69, 9.17) is 0 Å². The SMILES string of the molecule is CCCCCCCCCCCC(CC1CCCCC1)NC. The van der Waals surface area contributed by atoms with E-state index in [2.05, 4.69) is 19.3 Å². The molecule has 0 heterocycles. The molecule has 0 aromatic heterocycles. The highest BCUT2D eigenvalue weighted by molar-refractivity contribution is 4.73. The van der Waals surface area contributed by atoms with Crippen molar-refractivity contribution in [2.24, 2.45) is 5.92 Å². The first-order valence-corrected chi connectivity index (χ1v) is 10.0. The Hall–Kier alpha value is -0.0400. The van der Waals surface area contributed by atoms with E-state index in [0.717, 1.165) is 12.0 Å². The number of rotatable bonds is 13. The molecule has 21 heavy (non-hydrogen) atoms. The van der Waals surface area contributed by atoms with E-state index in [1.165, 1.54) is 103 Å². The average molecular weight is 296 g/mol. The lowest BCUT2D eigenvalue weighted by atomic mass is 9.84. The van der Waals surface area contributed by atoms with Crippen LogP contribution in [-0.4, -0.2) is 13.1 Å². The van der Waals surface area contributed by atoms with Crippen molar-refractivity contribution in [1.29, 1.82) is 0 Å². The molecular formula is C20H41N. The molecule has 1 fully saturated rings. The fraction of sp³-hybridized carbons (Fsp3) is 1.00. The largest absolute Gasteiger partial charge is 0.317 e. The summed E-state index contributed by atoms with van der Waals surface area (Å²) in [6.07, 6.45) is 23.3. The predicted molar refractivity (Wildman–Crippen MR) is 95.9 cm³/mol. The molecular weight excluding hydrogens is 254 g/mol. The van der Waals surface area contributed by atoms with Gasteiger partial charge in [-0.3, -0.25) is 0 Å². The van der Waals surface area contributed by atoms with Gasteiger partial charge in [0.25, 0.3) is 0 Å². The number of hydrogen-bond acceptors (Lipinski definition) is 1. The van der Waals surface area contributed by atoms with Crippen LogP contribution in [-0.2, 0) is 0 Å². The Morgan fingerprint density at radius 3 is 1.95 bits per heavy atom. The molecule has 0 aromatic carbocycles. The van der Waals surface area contributed by atoms with E-state index in [-0.39, 0.29) is 0 Å². The summed E-state index contributed by atoms with van der Waals surface area (Å²) >= 11 is 0. The highest BCUT2D eigenvalue weighted by atomic mass is 14.9. The van der Waals surface area contributed by atoms with Crippen LogP contribution in [0.25, 0.3) is 0 Å². The number of nitrogens with one attached hydrogen (secondary N) is 1. The molecule has 126 valence electrons. The summed E-state index contributed by atoms with van der Waals surface area (Å²) in [7, 11) is 2.17. The van der Waals surface area contributed by atoms with Crippen molar-refractivity contribution >= 4 is 0 Å². The minimum atomic E-state index is 0.789. The van der Waals surface area contributed by atoms with Gasteiger partial charge in [-0.25, -0.2) is 0 Å². The van der Waals surface area contributed by atoms with E-state index in [0.29, 0.717) is 0 Å². The highest BCUT2D eigenvalue weighted by Crippen LogP contribution is 2.28. The molecule has 0 saturated heterocycles. The summed E-state index contributed by atoms with van der Waals surface area (Å²) in [5, 5.41) is 3.57. The van der Waals surface area contributed by atoms with Crippen LogP contribution in [0.2, 0.25) is 0 Å². The normalized spacial score (nSPS) is 18.0. The van der Waals surface area contributed by atoms with Crippen LogP contribution in [0.5, 0.6) is 0 Å². The topological polar surface area (TPSA) is 12.0 Å². The van der Waals surface area contributed by atoms with Crippen molar-refractivity contribution in [3.63, 3.8) is 0 Å². The zero-order valence-electron chi connectivity index (χ0n) is 15.0. The first kappa shape index (κ1) is 19.0. The molecule has 0 spiro atoms. The smallest absolute Gasteiger partial charge is 0.00667 e. The van der Waals surface area contributed by atoms with Crippen molar-refractivity contribution < 1.29 is 0 Å². The second kappa shape index (κ2) is 13.6. The highest BCUT2D eigenvalue weighted by Gasteiger charge is 2.17. The van der Waals surface area contributed by atoms with E-state index >= 15 is 0 Å². The summed E-state index contributed by atoms with van der Waals surface area (Å²) in [5.41, 5.74) is 0. The monoisotopic (exact) mass is 295 g/mol. The number of unbranched alkanes of at least 4 members (excludes halogenated alkanes) is 8. The van der Waals surface area contributed by atoms with Gasteiger partial charge in [0.15, 0.2) is 0 Å². The minimum Gasteiger partial charge on any atom is -0.317 e. The predicted octanol–water partition coefficient (Wildman–Crippen LogP) is 6.47. The molecule has 1 aliphatic carbocycles. The molecule has 1 nitrogen and oxygen atoms in total. The molecule has 1 N–H and O–H groups in total. The van der Waals surface area contributed by atoms with Gasteiger partial charge >= 0.3 is 0 Å². The van der Waals surface area contributed by atoms with Crippen LogP contribution in [0, 0.1) is 5.92 Å². The first-order valence-electron chi connectivity index (χ1n) is 10.0. The van der Waals surface area contributed by atoms with E-state index in [1.54, 1.807) is 0 Å². The van der Waals surface area contributed by atoms with E-state index in [9.17, 15) is 0 Å². The minimum absolute atomic E-state index is 0.789. The van der Waals surface area contributed by atoms with E-state index < -0.39 is 0 Å². The third-order valence-electron chi connectivity index (χ3n) is 5.41. The zero-order valence-corrected chi connectivity index (χ0v) is 15.0. The Kier molecular flexibility index (Phi) is 12.3. The van der Waals surface area contributed by atoms with Crippen molar-refractivity contribution in [3.8, 4) is 0 Å². The summed E-state index contributed by atoms with van der Waals surface area (Å²) in [5.74, 6) is 1.02. The maximum absolute atomic E-state index is 3.57. The molecule has 1 atom stereocenters. The van der Waals surface area contributed by atoms with Gasteiger partial charge in [0.05, 0.1) is 0 Å². The van der Waals surface area contributed by atoms with Crippen LogP contribution in [0.15, 0.2) is 0 Å². The molecule has 1 heteroatoms. The van der Waals surface area contributed by atoms with Crippen LogP contribution < -0.4 is 5.32 Å². The third kappa shape index (κ3) is 10.3. The zero-order chi connectivity index (χ0) is 15.2. The molecule has 1 unspecified atom stereocenters. The van der Waals surface area contributed by atoms with Crippen LogP contribution in [0.3, 0.4) is 0 Å². The lowest BCUT2D eigenvalue weighted by Gasteiger charge is -2.26.